The average molecular weight is 511 g/mol. The van der Waals surface area contributed by atoms with E-state index in [0.717, 1.165) is 12.0 Å². The second-order valence-electron chi connectivity index (χ2n) is 8.90. The Labute approximate surface area is 216 Å². The standard InChI is InChI=1S/C26H34N6O5/c1-17(2)11-12-27-24(33)15-31(20-13-18(3)7-9-21(20)35-4)25(34)16-32-29-26(28-30-32)19-8-10-22(36-5)23(14-19)37-6/h7-10,13-14,17H,11-12,15-16H2,1-6H3,(H,27,33). The van der Waals surface area contributed by atoms with Crippen LogP contribution in [0.25, 0.3) is 11.4 Å². The molecule has 2 amide bonds. The summed E-state index contributed by atoms with van der Waals surface area (Å²) in [5.74, 6) is 1.69. The third-order valence-corrected chi connectivity index (χ3v) is 5.64. The van der Waals surface area contributed by atoms with Gasteiger partial charge in [0.2, 0.25) is 11.7 Å². The smallest absolute Gasteiger partial charge is 0.251 e. The first-order chi connectivity index (χ1) is 17.7. The highest BCUT2D eigenvalue weighted by atomic mass is 16.5. The van der Waals surface area contributed by atoms with Crippen LogP contribution in [0.1, 0.15) is 25.8 Å². The molecule has 198 valence electrons. The van der Waals surface area contributed by atoms with Crippen molar-refractivity contribution in [1.82, 2.24) is 25.5 Å². The monoisotopic (exact) mass is 510 g/mol. The molecule has 0 aliphatic carbocycles. The number of nitrogens with one attached hydrogen (secondary N) is 1. The number of methoxy groups -OCH3 is 3. The van der Waals surface area contributed by atoms with E-state index in [4.69, 9.17) is 14.2 Å². The quantitative estimate of drug-likeness (QED) is 0.395. The van der Waals surface area contributed by atoms with E-state index < -0.39 is 0 Å². The number of hydrogen-bond donors (Lipinski definition) is 1. The van der Waals surface area contributed by atoms with Gasteiger partial charge in [-0.15, -0.1) is 10.2 Å². The van der Waals surface area contributed by atoms with Gasteiger partial charge >= 0.3 is 0 Å². The molecule has 1 heterocycles. The van der Waals surface area contributed by atoms with E-state index in [1.807, 2.05) is 19.1 Å². The van der Waals surface area contributed by atoms with Gasteiger partial charge < -0.3 is 19.5 Å². The van der Waals surface area contributed by atoms with Crippen molar-refractivity contribution in [3.8, 4) is 28.6 Å². The summed E-state index contributed by atoms with van der Waals surface area (Å²) in [6.07, 6.45) is 0.843. The van der Waals surface area contributed by atoms with E-state index in [1.165, 1.54) is 23.9 Å². The number of nitrogens with zero attached hydrogens (tertiary/aromatic N) is 5. The van der Waals surface area contributed by atoms with E-state index in [1.54, 1.807) is 31.4 Å². The molecule has 0 spiro atoms. The summed E-state index contributed by atoms with van der Waals surface area (Å²) >= 11 is 0. The number of anilines is 1. The fourth-order valence-electron chi connectivity index (χ4n) is 3.63. The van der Waals surface area contributed by atoms with Crippen molar-refractivity contribution in [1.29, 1.82) is 0 Å². The van der Waals surface area contributed by atoms with Crippen LogP contribution in [-0.4, -0.2) is 66.4 Å². The summed E-state index contributed by atoms with van der Waals surface area (Å²) in [5, 5.41) is 15.4. The molecule has 1 aromatic heterocycles. The largest absolute Gasteiger partial charge is 0.495 e. The van der Waals surface area contributed by atoms with Crippen LogP contribution in [0.3, 0.4) is 0 Å². The van der Waals surface area contributed by atoms with E-state index in [0.29, 0.717) is 46.8 Å². The number of benzene rings is 2. The van der Waals surface area contributed by atoms with Gasteiger partial charge in [0.05, 0.1) is 27.0 Å². The lowest BCUT2D eigenvalue weighted by Crippen LogP contribution is -2.43. The van der Waals surface area contributed by atoms with Crippen LogP contribution in [0, 0.1) is 12.8 Å². The molecule has 0 unspecified atom stereocenters. The Balaban J connectivity index is 1.83. The molecular formula is C26H34N6O5. The van der Waals surface area contributed by atoms with Crippen molar-refractivity contribution in [2.45, 2.75) is 33.7 Å². The van der Waals surface area contributed by atoms with Gasteiger partial charge in [0.1, 0.15) is 18.8 Å². The highest BCUT2D eigenvalue weighted by molar-refractivity contribution is 5.99. The number of amides is 2. The lowest BCUT2D eigenvalue weighted by Gasteiger charge is -2.24. The molecule has 0 fully saturated rings. The zero-order valence-corrected chi connectivity index (χ0v) is 22.1. The Morgan fingerprint density at radius 1 is 1.00 bits per heavy atom. The van der Waals surface area contributed by atoms with Gasteiger partial charge in [0.15, 0.2) is 11.5 Å². The first-order valence-corrected chi connectivity index (χ1v) is 12.0. The predicted octanol–water partition coefficient (Wildman–Crippen LogP) is 2.87. The number of ether oxygens (including phenoxy) is 3. The average Bonchev–Trinajstić information content (AvgIpc) is 3.34. The summed E-state index contributed by atoms with van der Waals surface area (Å²) < 4.78 is 16.1. The third-order valence-electron chi connectivity index (χ3n) is 5.64. The van der Waals surface area contributed by atoms with Crippen LogP contribution < -0.4 is 24.4 Å². The predicted molar refractivity (Wildman–Crippen MR) is 139 cm³/mol. The van der Waals surface area contributed by atoms with Gasteiger partial charge in [-0.3, -0.25) is 14.5 Å². The SMILES string of the molecule is COc1ccc(-c2nnn(CC(=O)N(CC(=O)NCCC(C)C)c3cc(C)ccc3OC)n2)cc1OC. The maximum atomic E-state index is 13.5. The molecule has 11 heteroatoms. The summed E-state index contributed by atoms with van der Waals surface area (Å²) in [7, 11) is 4.61. The summed E-state index contributed by atoms with van der Waals surface area (Å²) in [4.78, 5) is 28.8. The molecule has 3 aromatic rings. The molecule has 0 saturated heterocycles. The minimum Gasteiger partial charge on any atom is -0.495 e. The van der Waals surface area contributed by atoms with E-state index in [9.17, 15) is 9.59 Å². The maximum absolute atomic E-state index is 13.5. The molecule has 11 nitrogen and oxygen atoms in total. The lowest BCUT2D eigenvalue weighted by atomic mass is 10.1. The minimum absolute atomic E-state index is 0.173. The van der Waals surface area contributed by atoms with Crippen molar-refractivity contribution in [3.63, 3.8) is 0 Å². The number of carbonyl (C=O) groups excluding carboxylic acids is 2. The lowest BCUT2D eigenvalue weighted by molar-refractivity contribution is -0.124. The highest BCUT2D eigenvalue weighted by Gasteiger charge is 2.24. The first-order valence-electron chi connectivity index (χ1n) is 12.0. The Morgan fingerprint density at radius 3 is 2.38 bits per heavy atom. The molecule has 2 aromatic carbocycles. The molecule has 0 bridgehead atoms. The van der Waals surface area contributed by atoms with E-state index in [-0.39, 0.29) is 24.9 Å². The summed E-state index contributed by atoms with van der Waals surface area (Å²) in [6.45, 7) is 6.21. The van der Waals surface area contributed by atoms with Crippen LogP contribution in [0.2, 0.25) is 0 Å². The second-order valence-corrected chi connectivity index (χ2v) is 8.90. The highest BCUT2D eigenvalue weighted by Crippen LogP contribution is 2.31. The van der Waals surface area contributed by atoms with E-state index >= 15 is 0 Å². The van der Waals surface area contributed by atoms with Crippen molar-refractivity contribution >= 4 is 17.5 Å². The minimum atomic E-state index is -0.390. The molecule has 0 radical (unpaired) electrons. The first kappa shape index (κ1) is 27.4. The normalized spacial score (nSPS) is 10.8. The van der Waals surface area contributed by atoms with Gasteiger partial charge in [-0.2, -0.15) is 4.80 Å². The Hall–Kier alpha value is -4.15. The van der Waals surface area contributed by atoms with Crippen LogP contribution in [0.15, 0.2) is 36.4 Å². The number of aromatic nitrogens is 4. The van der Waals surface area contributed by atoms with Crippen LogP contribution in [-0.2, 0) is 16.1 Å². The number of hydrogen-bond acceptors (Lipinski definition) is 8. The van der Waals surface area contributed by atoms with Crippen LogP contribution >= 0.6 is 0 Å². The maximum Gasteiger partial charge on any atom is 0.251 e. The Kier molecular flexibility index (Phi) is 9.42. The molecule has 0 saturated carbocycles. The Bertz CT molecular complexity index is 1230. The van der Waals surface area contributed by atoms with Crippen molar-refractivity contribution in [2.75, 3.05) is 39.3 Å². The molecular weight excluding hydrogens is 476 g/mol. The zero-order valence-electron chi connectivity index (χ0n) is 22.1. The second kappa shape index (κ2) is 12.7. The van der Waals surface area contributed by atoms with Crippen molar-refractivity contribution in [3.05, 3.63) is 42.0 Å². The molecule has 0 aliphatic rings. The molecule has 0 atom stereocenters. The van der Waals surface area contributed by atoms with Gasteiger partial charge in [0.25, 0.3) is 5.91 Å². The summed E-state index contributed by atoms with van der Waals surface area (Å²) in [6, 6.07) is 10.7. The zero-order chi connectivity index (χ0) is 26.9. The van der Waals surface area contributed by atoms with Gasteiger partial charge in [-0.05, 0) is 60.4 Å². The molecule has 0 aliphatic heterocycles. The Morgan fingerprint density at radius 2 is 1.70 bits per heavy atom. The fourth-order valence-corrected chi connectivity index (χ4v) is 3.63. The number of tetrazole rings is 1. The number of aryl methyl sites for hydroxylation is 1. The molecule has 37 heavy (non-hydrogen) atoms. The van der Waals surface area contributed by atoms with Crippen LogP contribution in [0.5, 0.6) is 17.2 Å². The van der Waals surface area contributed by atoms with Crippen molar-refractivity contribution in [2.24, 2.45) is 5.92 Å². The topological polar surface area (TPSA) is 121 Å². The number of carbonyl (C=O) groups is 2. The summed E-state index contributed by atoms with van der Waals surface area (Å²) in [5.41, 5.74) is 2.06. The van der Waals surface area contributed by atoms with E-state index in [2.05, 4.69) is 34.6 Å². The third kappa shape index (κ3) is 7.18. The van der Waals surface area contributed by atoms with Gasteiger partial charge in [-0.1, -0.05) is 19.9 Å². The van der Waals surface area contributed by atoms with Gasteiger partial charge in [-0.25, -0.2) is 0 Å². The number of rotatable bonds is 12. The van der Waals surface area contributed by atoms with Gasteiger partial charge in [0, 0.05) is 12.1 Å². The molecule has 3 rings (SSSR count). The molecule has 1 N–H and O–H groups in total. The van der Waals surface area contributed by atoms with Crippen LogP contribution in [0.4, 0.5) is 5.69 Å². The fraction of sp³-hybridized carbons (Fsp3) is 0.423. The van der Waals surface area contributed by atoms with Crippen molar-refractivity contribution < 1.29 is 23.8 Å².